The van der Waals surface area contributed by atoms with Crippen molar-refractivity contribution in [2.75, 3.05) is 26.7 Å². The number of amides is 2. The van der Waals surface area contributed by atoms with Crippen molar-refractivity contribution in [2.24, 2.45) is 0 Å². The Hall–Kier alpha value is -2.74. The van der Waals surface area contributed by atoms with E-state index in [2.05, 4.69) is 15.6 Å². The molecule has 8 heteroatoms. The lowest BCUT2D eigenvalue weighted by Gasteiger charge is -2.32. The first-order valence-electron chi connectivity index (χ1n) is 7.28. The fourth-order valence-corrected chi connectivity index (χ4v) is 2.44. The maximum Gasteiger partial charge on any atom is 0.254 e. The van der Waals surface area contributed by atoms with E-state index in [0.717, 1.165) is 5.69 Å². The van der Waals surface area contributed by atoms with Crippen LogP contribution in [0.25, 0.3) is 5.69 Å². The third-order valence-corrected chi connectivity index (χ3v) is 3.69. The average molecular weight is 315 g/mol. The molecule has 1 saturated heterocycles. The summed E-state index contributed by atoms with van der Waals surface area (Å²) in [6.07, 6.45) is 2.70. The number of aromatic nitrogens is 3. The number of carbonyl (C=O) groups excluding carboxylic acids is 2. The molecule has 1 aliphatic heterocycles. The summed E-state index contributed by atoms with van der Waals surface area (Å²) in [7, 11) is 1.55. The zero-order valence-electron chi connectivity index (χ0n) is 12.7. The number of rotatable bonds is 3. The lowest BCUT2D eigenvalue weighted by atomic mass is 10.1. The van der Waals surface area contributed by atoms with Crippen molar-refractivity contribution >= 4 is 11.8 Å². The van der Waals surface area contributed by atoms with E-state index in [1.807, 2.05) is 0 Å². The van der Waals surface area contributed by atoms with Crippen LogP contribution in [0.1, 0.15) is 10.4 Å². The van der Waals surface area contributed by atoms with Crippen LogP contribution >= 0.6 is 0 Å². The number of likely N-dealkylation sites (N-methyl/N-ethyl adjacent to an activating group) is 1. The summed E-state index contributed by atoms with van der Waals surface area (Å²) >= 11 is 0. The third-order valence-electron chi connectivity index (χ3n) is 3.69. The number of ether oxygens (including phenoxy) is 1. The van der Waals surface area contributed by atoms with Gasteiger partial charge in [0, 0.05) is 19.2 Å². The van der Waals surface area contributed by atoms with Gasteiger partial charge < -0.3 is 15.0 Å². The lowest BCUT2D eigenvalue weighted by Crippen LogP contribution is -2.51. The van der Waals surface area contributed by atoms with Crippen molar-refractivity contribution in [3.05, 3.63) is 42.2 Å². The zero-order valence-corrected chi connectivity index (χ0v) is 12.7. The van der Waals surface area contributed by atoms with Gasteiger partial charge in [-0.25, -0.2) is 4.68 Å². The second-order valence-electron chi connectivity index (χ2n) is 5.12. The molecule has 2 aromatic rings. The molecule has 0 bridgehead atoms. The maximum absolute atomic E-state index is 12.6. The molecule has 3 rings (SSSR count). The first kappa shape index (κ1) is 15.2. The standard InChI is InChI=1S/C15H17N5O3/c1-16-14(21)13-10-19(8-9-23-13)15(22)11-2-4-12(5-3-11)20-7-6-17-18-20/h2-7,13H,8-10H2,1H3,(H,16,21). The minimum absolute atomic E-state index is 0.118. The number of hydrogen-bond acceptors (Lipinski definition) is 5. The van der Waals surface area contributed by atoms with E-state index in [-0.39, 0.29) is 18.4 Å². The topological polar surface area (TPSA) is 89.4 Å². The van der Waals surface area contributed by atoms with E-state index in [4.69, 9.17) is 4.74 Å². The molecule has 23 heavy (non-hydrogen) atoms. The van der Waals surface area contributed by atoms with E-state index in [9.17, 15) is 9.59 Å². The number of carbonyl (C=O) groups is 2. The molecular weight excluding hydrogens is 298 g/mol. The smallest absolute Gasteiger partial charge is 0.254 e. The van der Waals surface area contributed by atoms with Crippen LogP contribution in [-0.4, -0.2) is 64.6 Å². The molecule has 8 nitrogen and oxygen atoms in total. The molecule has 2 heterocycles. The third kappa shape index (κ3) is 3.21. The van der Waals surface area contributed by atoms with Crippen molar-refractivity contribution in [1.82, 2.24) is 25.2 Å². The van der Waals surface area contributed by atoms with Crippen molar-refractivity contribution in [3.8, 4) is 5.69 Å². The number of nitrogens with one attached hydrogen (secondary N) is 1. The first-order valence-corrected chi connectivity index (χ1v) is 7.28. The summed E-state index contributed by atoms with van der Waals surface area (Å²) < 4.78 is 7.01. The Balaban J connectivity index is 1.71. The minimum atomic E-state index is -0.618. The van der Waals surface area contributed by atoms with Crippen LogP contribution in [0, 0.1) is 0 Å². The Morgan fingerprint density at radius 1 is 1.30 bits per heavy atom. The second-order valence-corrected chi connectivity index (χ2v) is 5.12. The van der Waals surface area contributed by atoms with Crippen LogP contribution in [0.15, 0.2) is 36.7 Å². The summed E-state index contributed by atoms with van der Waals surface area (Å²) in [6.45, 7) is 1.07. The summed E-state index contributed by atoms with van der Waals surface area (Å²) in [5.41, 5.74) is 1.38. The molecule has 0 spiro atoms. The summed E-state index contributed by atoms with van der Waals surface area (Å²) in [5, 5.41) is 10.2. The predicted octanol–water partition coefficient (Wildman–Crippen LogP) is -0.146. The van der Waals surface area contributed by atoms with Crippen molar-refractivity contribution in [1.29, 1.82) is 0 Å². The minimum Gasteiger partial charge on any atom is -0.365 e. The van der Waals surface area contributed by atoms with E-state index >= 15 is 0 Å². The van der Waals surface area contributed by atoms with Gasteiger partial charge in [-0.2, -0.15) is 0 Å². The van der Waals surface area contributed by atoms with E-state index < -0.39 is 6.10 Å². The largest absolute Gasteiger partial charge is 0.365 e. The molecule has 0 radical (unpaired) electrons. The number of benzene rings is 1. The van der Waals surface area contributed by atoms with Crippen LogP contribution in [-0.2, 0) is 9.53 Å². The molecule has 1 aromatic carbocycles. The van der Waals surface area contributed by atoms with Gasteiger partial charge in [0.1, 0.15) is 0 Å². The van der Waals surface area contributed by atoms with Crippen molar-refractivity contribution in [2.45, 2.75) is 6.10 Å². The molecular formula is C15H17N5O3. The Kier molecular flexibility index (Phi) is 4.33. The molecule has 2 amide bonds. The number of morpholine rings is 1. The molecule has 1 atom stereocenters. The van der Waals surface area contributed by atoms with Gasteiger partial charge in [0.15, 0.2) is 6.10 Å². The van der Waals surface area contributed by atoms with Crippen LogP contribution < -0.4 is 5.32 Å². The van der Waals surface area contributed by atoms with Gasteiger partial charge in [-0.05, 0) is 24.3 Å². The molecule has 0 saturated carbocycles. The van der Waals surface area contributed by atoms with Crippen LogP contribution in [0.3, 0.4) is 0 Å². The lowest BCUT2D eigenvalue weighted by molar-refractivity contribution is -0.136. The van der Waals surface area contributed by atoms with Crippen LogP contribution in [0.5, 0.6) is 0 Å². The van der Waals surface area contributed by atoms with Gasteiger partial charge in [-0.3, -0.25) is 9.59 Å². The Labute approximate surface area is 133 Å². The fourth-order valence-electron chi connectivity index (χ4n) is 2.44. The SMILES string of the molecule is CNC(=O)C1CN(C(=O)c2ccc(-n3ccnn3)cc2)CCO1. The van der Waals surface area contributed by atoms with Gasteiger partial charge in [-0.1, -0.05) is 5.21 Å². The maximum atomic E-state index is 12.6. The number of hydrogen-bond donors (Lipinski definition) is 1. The predicted molar refractivity (Wildman–Crippen MR) is 81.1 cm³/mol. The number of nitrogens with zero attached hydrogens (tertiary/aromatic N) is 4. The van der Waals surface area contributed by atoms with Crippen molar-refractivity contribution < 1.29 is 14.3 Å². The Bertz CT molecular complexity index is 684. The molecule has 120 valence electrons. The quantitative estimate of drug-likeness (QED) is 0.851. The summed E-state index contributed by atoms with van der Waals surface area (Å²) in [4.78, 5) is 25.8. The van der Waals surface area contributed by atoms with E-state index in [0.29, 0.717) is 18.7 Å². The molecule has 0 aliphatic carbocycles. The highest BCUT2D eigenvalue weighted by Crippen LogP contribution is 2.13. The van der Waals surface area contributed by atoms with Gasteiger partial charge in [0.25, 0.3) is 11.8 Å². The van der Waals surface area contributed by atoms with E-state index in [1.165, 1.54) is 0 Å². The Morgan fingerprint density at radius 3 is 2.74 bits per heavy atom. The molecule has 1 N–H and O–H groups in total. The highest BCUT2D eigenvalue weighted by molar-refractivity contribution is 5.95. The molecule has 1 fully saturated rings. The summed E-state index contributed by atoms with van der Waals surface area (Å²) in [5.74, 6) is -0.337. The molecule has 1 aliphatic rings. The fraction of sp³-hybridized carbons (Fsp3) is 0.333. The van der Waals surface area contributed by atoms with Gasteiger partial charge in [0.05, 0.1) is 31.2 Å². The molecule has 1 unspecified atom stereocenters. The zero-order chi connectivity index (χ0) is 16.2. The van der Waals surface area contributed by atoms with Gasteiger partial charge >= 0.3 is 0 Å². The van der Waals surface area contributed by atoms with Crippen molar-refractivity contribution in [3.63, 3.8) is 0 Å². The average Bonchev–Trinajstić information content (AvgIpc) is 3.15. The second kappa shape index (κ2) is 6.57. The van der Waals surface area contributed by atoms with Gasteiger partial charge in [0.2, 0.25) is 0 Å². The van der Waals surface area contributed by atoms with Crippen LogP contribution in [0.4, 0.5) is 0 Å². The normalized spacial score (nSPS) is 17.8. The monoisotopic (exact) mass is 315 g/mol. The first-order chi connectivity index (χ1) is 11.2. The Morgan fingerprint density at radius 2 is 2.09 bits per heavy atom. The van der Waals surface area contributed by atoms with E-state index in [1.54, 1.807) is 53.3 Å². The molecule has 1 aromatic heterocycles. The highest BCUT2D eigenvalue weighted by atomic mass is 16.5. The van der Waals surface area contributed by atoms with Crippen LogP contribution in [0.2, 0.25) is 0 Å². The summed E-state index contributed by atoms with van der Waals surface area (Å²) in [6, 6.07) is 7.09. The van der Waals surface area contributed by atoms with Gasteiger partial charge in [-0.15, -0.1) is 5.10 Å². The highest BCUT2D eigenvalue weighted by Gasteiger charge is 2.29.